The number of benzene rings is 1. The molecule has 1 atom stereocenters. The van der Waals surface area contributed by atoms with E-state index in [1.54, 1.807) is 0 Å². The molecule has 0 aliphatic carbocycles. The summed E-state index contributed by atoms with van der Waals surface area (Å²) in [4.78, 5) is 4.99. The molecule has 1 saturated heterocycles. The zero-order chi connectivity index (χ0) is 13.8. The number of para-hydroxylation sites is 1. The van der Waals surface area contributed by atoms with Crippen molar-refractivity contribution in [2.45, 2.75) is 39.8 Å². The molecule has 0 aromatic heterocycles. The van der Waals surface area contributed by atoms with Crippen LogP contribution in [0.1, 0.15) is 31.4 Å². The number of likely N-dealkylation sites (N-methyl/N-ethyl adjacent to an activating group) is 1. The van der Waals surface area contributed by atoms with Gasteiger partial charge in [0.2, 0.25) is 0 Å². The van der Waals surface area contributed by atoms with Crippen LogP contribution in [0.4, 0.5) is 0 Å². The lowest BCUT2D eigenvalue weighted by atomic mass is 10.1. The molecular formula is C16H26N2O. The van der Waals surface area contributed by atoms with E-state index in [0.29, 0.717) is 11.8 Å². The second-order valence-electron chi connectivity index (χ2n) is 5.48. The van der Waals surface area contributed by atoms with E-state index in [0.717, 1.165) is 43.9 Å². The van der Waals surface area contributed by atoms with Crippen LogP contribution in [0.5, 0.6) is 5.75 Å². The molecule has 1 fully saturated rings. The molecule has 0 bridgehead atoms. The largest absolute Gasteiger partial charge is 0.507 e. The summed E-state index contributed by atoms with van der Waals surface area (Å²) in [6.45, 7) is 11.8. The Bertz CT molecular complexity index is 415. The molecule has 0 radical (unpaired) electrons. The molecule has 0 spiro atoms. The summed E-state index contributed by atoms with van der Waals surface area (Å²) in [6.07, 6.45) is 1.24. The second-order valence-corrected chi connectivity index (χ2v) is 5.48. The van der Waals surface area contributed by atoms with Gasteiger partial charge in [-0.25, -0.2) is 0 Å². The topological polar surface area (TPSA) is 26.7 Å². The van der Waals surface area contributed by atoms with Gasteiger partial charge in [-0.15, -0.1) is 0 Å². The van der Waals surface area contributed by atoms with E-state index in [-0.39, 0.29) is 0 Å². The Kier molecular flexibility index (Phi) is 4.83. The normalized spacial score (nSPS) is 20.3. The van der Waals surface area contributed by atoms with Crippen molar-refractivity contribution in [2.24, 2.45) is 0 Å². The average molecular weight is 262 g/mol. The number of hydrogen-bond donors (Lipinski definition) is 1. The SMILES string of the molecule is CCN(CC)C1CCN(Cc2cccc(C)c2O)C1. The van der Waals surface area contributed by atoms with Crippen molar-refractivity contribution < 1.29 is 5.11 Å². The van der Waals surface area contributed by atoms with E-state index in [2.05, 4.69) is 23.6 Å². The zero-order valence-corrected chi connectivity index (χ0v) is 12.4. The Balaban J connectivity index is 1.97. The predicted molar refractivity (Wildman–Crippen MR) is 79.4 cm³/mol. The van der Waals surface area contributed by atoms with Crippen molar-refractivity contribution in [3.05, 3.63) is 29.3 Å². The quantitative estimate of drug-likeness (QED) is 0.883. The van der Waals surface area contributed by atoms with Crippen molar-refractivity contribution in [2.75, 3.05) is 26.2 Å². The lowest BCUT2D eigenvalue weighted by molar-refractivity contribution is 0.208. The molecular weight excluding hydrogens is 236 g/mol. The van der Waals surface area contributed by atoms with Gasteiger partial charge < -0.3 is 5.11 Å². The van der Waals surface area contributed by atoms with E-state index in [1.807, 2.05) is 25.1 Å². The minimum Gasteiger partial charge on any atom is -0.507 e. The molecule has 1 aromatic carbocycles. The van der Waals surface area contributed by atoms with E-state index < -0.39 is 0 Å². The van der Waals surface area contributed by atoms with Gasteiger partial charge >= 0.3 is 0 Å². The highest BCUT2D eigenvalue weighted by molar-refractivity contribution is 5.39. The molecule has 106 valence electrons. The van der Waals surface area contributed by atoms with Crippen molar-refractivity contribution in [3.8, 4) is 5.75 Å². The molecule has 1 heterocycles. The van der Waals surface area contributed by atoms with Crippen LogP contribution in [0.2, 0.25) is 0 Å². The minimum atomic E-state index is 0.466. The number of aromatic hydroxyl groups is 1. The molecule has 19 heavy (non-hydrogen) atoms. The maximum atomic E-state index is 10.1. The zero-order valence-electron chi connectivity index (χ0n) is 12.4. The Morgan fingerprint density at radius 1 is 1.32 bits per heavy atom. The van der Waals surface area contributed by atoms with Crippen LogP contribution in [0.3, 0.4) is 0 Å². The highest BCUT2D eigenvalue weighted by Gasteiger charge is 2.26. The fraction of sp³-hybridized carbons (Fsp3) is 0.625. The Morgan fingerprint density at radius 3 is 2.74 bits per heavy atom. The van der Waals surface area contributed by atoms with Gasteiger partial charge in [0.05, 0.1) is 0 Å². The molecule has 1 N–H and O–H groups in total. The highest BCUT2D eigenvalue weighted by atomic mass is 16.3. The van der Waals surface area contributed by atoms with Gasteiger partial charge in [0.25, 0.3) is 0 Å². The maximum absolute atomic E-state index is 10.1. The molecule has 0 saturated carbocycles. The van der Waals surface area contributed by atoms with Crippen molar-refractivity contribution >= 4 is 0 Å². The molecule has 1 aliphatic rings. The van der Waals surface area contributed by atoms with Gasteiger partial charge in [-0.1, -0.05) is 32.0 Å². The standard InChI is InChI=1S/C16H26N2O/c1-4-18(5-2)15-9-10-17(12-15)11-14-8-6-7-13(3)16(14)19/h6-8,15,19H,4-5,9-12H2,1-3H3. The fourth-order valence-electron chi connectivity index (χ4n) is 3.08. The third-order valence-electron chi connectivity index (χ3n) is 4.29. The van der Waals surface area contributed by atoms with Crippen LogP contribution in [0, 0.1) is 6.92 Å². The molecule has 3 heteroatoms. The van der Waals surface area contributed by atoms with Gasteiger partial charge in [0.1, 0.15) is 5.75 Å². The smallest absolute Gasteiger partial charge is 0.122 e. The van der Waals surface area contributed by atoms with E-state index in [4.69, 9.17) is 0 Å². The first-order valence-corrected chi connectivity index (χ1v) is 7.39. The van der Waals surface area contributed by atoms with E-state index in [9.17, 15) is 5.11 Å². The summed E-state index contributed by atoms with van der Waals surface area (Å²) in [7, 11) is 0. The molecule has 2 rings (SSSR count). The average Bonchev–Trinajstić information content (AvgIpc) is 2.85. The highest BCUT2D eigenvalue weighted by Crippen LogP contribution is 2.25. The minimum absolute atomic E-state index is 0.466. The molecule has 3 nitrogen and oxygen atoms in total. The van der Waals surface area contributed by atoms with E-state index in [1.165, 1.54) is 6.42 Å². The van der Waals surface area contributed by atoms with Crippen LogP contribution >= 0.6 is 0 Å². The lowest BCUT2D eigenvalue weighted by Crippen LogP contribution is -2.37. The molecule has 0 amide bonds. The summed E-state index contributed by atoms with van der Waals surface area (Å²) >= 11 is 0. The Hall–Kier alpha value is -1.06. The van der Waals surface area contributed by atoms with Crippen LogP contribution in [-0.4, -0.2) is 47.1 Å². The molecule has 1 aliphatic heterocycles. The van der Waals surface area contributed by atoms with Gasteiger partial charge in [0, 0.05) is 31.2 Å². The number of phenolic OH excluding ortho intramolecular Hbond substituents is 1. The first-order valence-electron chi connectivity index (χ1n) is 7.39. The van der Waals surface area contributed by atoms with Crippen molar-refractivity contribution in [3.63, 3.8) is 0 Å². The van der Waals surface area contributed by atoms with E-state index >= 15 is 0 Å². The summed E-state index contributed by atoms with van der Waals surface area (Å²) in [5.41, 5.74) is 2.03. The number of rotatable bonds is 5. The summed E-state index contributed by atoms with van der Waals surface area (Å²) in [5.74, 6) is 0.466. The first kappa shape index (κ1) is 14.4. The van der Waals surface area contributed by atoms with Gasteiger partial charge in [0.15, 0.2) is 0 Å². The van der Waals surface area contributed by atoms with Crippen LogP contribution in [0.25, 0.3) is 0 Å². The Labute approximate surface area is 116 Å². The van der Waals surface area contributed by atoms with Crippen LogP contribution < -0.4 is 0 Å². The maximum Gasteiger partial charge on any atom is 0.122 e. The molecule has 1 aromatic rings. The predicted octanol–water partition coefficient (Wildman–Crippen LogP) is 2.62. The third kappa shape index (κ3) is 3.28. The number of phenols is 1. The summed E-state index contributed by atoms with van der Waals surface area (Å²) in [6, 6.07) is 6.71. The number of likely N-dealkylation sites (tertiary alicyclic amines) is 1. The number of hydrogen-bond acceptors (Lipinski definition) is 3. The third-order valence-corrected chi connectivity index (χ3v) is 4.29. The second kappa shape index (κ2) is 6.40. The summed E-state index contributed by atoms with van der Waals surface area (Å²) in [5, 5.41) is 10.1. The van der Waals surface area contributed by atoms with Crippen LogP contribution in [0.15, 0.2) is 18.2 Å². The van der Waals surface area contributed by atoms with Gasteiger partial charge in [-0.05, 0) is 32.0 Å². The first-order chi connectivity index (χ1) is 9.15. The van der Waals surface area contributed by atoms with Gasteiger partial charge in [-0.3, -0.25) is 9.80 Å². The monoisotopic (exact) mass is 262 g/mol. The van der Waals surface area contributed by atoms with Crippen molar-refractivity contribution in [1.29, 1.82) is 0 Å². The molecule has 1 unspecified atom stereocenters. The number of nitrogens with zero attached hydrogens (tertiary/aromatic N) is 2. The lowest BCUT2D eigenvalue weighted by Gasteiger charge is -2.26. The van der Waals surface area contributed by atoms with Crippen molar-refractivity contribution in [1.82, 2.24) is 9.80 Å². The fourth-order valence-corrected chi connectivity index (χ4v) is 3.08. The van der Waals surface area contributed by atoms with Gasteiger partial charge in [-0.2, -0.15) is 0 Å². The van der Waals surface area contributed by atoms with Crippen LogP contribution in [-0.2, 0) is 6.54 Å². The number of aryl methyl sites for hydroxylation is 1. The summed E-state index contributed by atoms with van der Waals surface area (Å²) < 4.78 is 0. The Morgan fingerprint density at radius 2 is 2.05 bits per heavy atom.